The topological polar surface area (TPSA) is 94.2 Å². The number of hydrogen-bond donors (Lipinski definition) is 0. The third-order valence-corrected chi connectivity index (χ3v) is 4.64. The van der Waals surface area contributed by atoms with E-state index in [1.165, 1.54) is 13.0 Å². The van der Waals surface area contributed by atoms with Crippen molar-refractivity contribution in [1.82, 2.24) is 4.31 Å². The first-order valence-corrected chi connectivity index (χ1v) is 8.31. The van der Waals surface area contributed by atoms with Gasteiger partial charge in [-0.2, -0.15) is 28.0 Å². The van der Waals surface area contributed by atoms with Crippen LogP contribution in [-0.4, -0.2) is 32.4 Å². The van der Waals surface area contributed by atoms with Gasteiger partial charge in [-0.1, -0.05) is 12.1 Å². The van der Waals surface area contributed by atoms with Crippen molar-refractivity contribution in [2.24, 2.45) is 0 Å². The second-order valence-corrected chi connectivity index (χ2v) is 6.53. The Labute approximate surface area is 137 Å². The molecule has 0 saturated heterocycles. The summed E-state index contributed by atoms with van der Waals surface area (Å²) >= 11 is 0. The van der Waals surface area contributed by atoms with E-state index in [1.807, 2.05) is 0 Å². The number of rotatable bonds is 7. The van der Waals surface area contributed by atoms with Gasteiger partial charge >= 0.3 is 6.18 Å². The fourth-order valence-corrected chi connectivity index (χ4v) is 3.25. The van der Waals surface area contributed by atoms with Crippen LogP contribution in [0.1, 0.15) is 18.1 Å². The van der Waals surface area contributed by atoms with Crippen LogP contribution >= 0.6 is 0 Å². The molecule has 0 spiro atoms. The van der Waals surface area contributed by atoms with Gasteiger partial charge in [0.2, 0.25) is 10.0 Å². The number of nitriles is 2. The zero-order chi connectivity index (χ0) is 18.4. The van der Waals surface area contributed by atoms with Gasteiger partial charge in [0.1, 0.15) is 18.8 Å². The Morgan fingerprint density at radius 3 is 2.25 bits per heavy atom. The minimum Gasteiger partial charge on any atom is -0.493 e. The largest absolute Gasteiger partial charge is 0.493 e. The average molecular weight is 361 g/mol. The first kappa shape index (κ1) is 19.7. The van der Waals surface area contributed by atoms with Crippen LogP contribution in [0.15, 0.2) is 18.2 Å². The standard InChI is InChI=1S/C14H14F3N3O3S/c1-2-23-13-11(4-3-5-12(13)14(15,16)17)10-24(21,22)20(8-6-18)9-7-19/h3-5H,2,8-10H2,1H3. The average Bonchev–Trinajstić information content (AvgIpc) is 2.47. The lowest BCUT2D eigenvalue weighted by Crippen LogP contribution is -2.33. The van der Waals surface area contributed by atoms with Gasteiger partial charge in [-0.3, -0.25) is 0 Å². The number of ether oxygens (including phenoxy) is 1. The molecule has 1 rings (SSSR count). The van der Waals surface area contributed by atoms with E-state index in [9.17, 15) is 21.6 Å². The molecule has 10 heteroatoms. The minimum atomic E-state index is -4.71. The van der Waals surface area contributed by atoms with Crippen molar-refractivity contribution in [2.75, 3.05) is 19.7 Å². The fraction of sp³-hybridized carbons (Fsp3) is 0.429. The Balaban J connectivity index is 3.32. The molecule has 0 N–H and O–H groups in total. The second kappa shape index (κ2) is 7.99. The van der Waals surface area contributed by atoms with Crippen molar-refractivity contribution in [3.63, 3.8) is 0 Å². The SMILES string of the molecule is CCOc1c(CS(=O)(=O)N(CC#N)CC#N)cccc1C(F)(F)F. The number of benzene rings is 1. The Hall–Kier alpha value is -2.30. The zero-order valence-corrected chi connectivity index (χ0v) is 13.5. The van der Waals surface area contributed by atoms with Crippen molar-refractivity contribution in [3.05, 3.63) is 29.3 Å². The highest BCUT2D eigenvalue weighted by Crippen LogP contribution is 2.39. The number of alkyl halides is 3. The minimum absolute atomic E-state index is 0.0831. The maximum absolute atomic E-state index is 13.1. The van der Waals surface area contributed by atoms with Crippen LogP contribution in [-0.2, 0) is 22.0 Å². The van der Waals surface area contributed by atoms with Crippen molar-refractivity contribution in [1.29, 1.82) is 10.5 Å². The molecule has 0 aliphatic rings. The lowest BCUT2D eigenvalue weighted by atomic mass is 10.1. The molecule has 130 valence electrons. The first-order chi connectivity index (χ1) is 11.2. The van der Waals surface area contributed by atoms with Gasteiger partial charge in [0.05, 0.1) is 30.1 Å². The number of para-hydroxylation sites is 1. The summed E-state index contributed by atoms with van der Waals surface area (Å²) in [7, 11) is -4.16. The van der Waals surface area contributed by atoms with Crippen LogP contribution in [0, 0.1) is 22.7 Å². The van der Waals surface area contributed by atoms with E-state index in [4.69, 9.17) is 15.3 Å². The maximum atomic E-state index is 13.1. The molecule has 0 saturated carbocycles. The van der Waals surface area contributed by atoms with Gasteiger partial charge in [0.25, 0.3) is 0 Å². The van der Waals surface area contributed by atoms with Crippen LogP contribution < -0.4 is 4.74 Å². The molecule has 0 fully saturated rings. The number of hydrogen-bond acceptors (Lipinski definition) is 5. The third kappa shape index (κ3) is 4.85. The van der Waals surface area contributed by atoms with Crippen molar-refractivity contribution in [2.45, 2.75) is 18.9 Å². The Bertz CT molecular complexity index is 748. The second-order valence-electron chi connectivity index (χ2n) is 4.57. The molecule has 0 amide bonds. The molecule has 1 aromatic rings. The van der Waals surface area contributed by atoms with E-state index in [0.29, 0.717) is 4.31 Å². The van der Waals surface area contributed by atoms with Gasteiger partial charge in [0.15, 0.2) is 0 Å². The number of nitrogens with zero attached hydrogens (tertiary/aromatic N) is 3. The Kier molecular flexibility index (Phi) is 6.58. The van der Waals surface area contributed by atoms with Crippen LogP contribution in [0.4, 0.5) is 13.2 Å². The van der Waals surface area contributed by atoms with Gasteiger partial charge in [-0.15, -0.1) is 0 Å². The monoisotopic (exact) mass is 361 g/mol. The maximum Gasteiger partial charge on any atom is 0.419 e. The molecular formula is C14H14F3N3O3S. The molecule has 0 unspecified atom stereocenters. The molecule has 0 atom stereocenters. The normalized spacial score (nSPS) is 11.8. The number of halogens is 3. The van der Waals surface area contributed by atoms with Crippen molar-refractivity contribution >= 4 is 10.0 Å². The summed E-state index contributed by atoms with van der Waals surface area (Å²) in [6, 6.07) is 6.29. The molecule has 0 aliphatic carbocycles. The Morgan fingerprint density at radius 1 is 1.21 bits per heavy atom. The van der Waals surface area contributed by atoms with Crippen LogP contribution in [0.5, 0.6) is 5.75 Å². The molecule has 0 radical (unpaired) electrons. The predicted octanol–water partition coefficient (Wildman–Crippen LogP) is 2.28. The van der Waals surface area contributed by atoms with E-state index >= 15 is 0 Å². The lowest BCUT2D eigenvalue weighted by molar-refractivity contribution is -0.139. The smallest absolute Gasteiger partial charge is 0.419 e. The molecule has 0 heterocycles. The summed E-state index contributed by atoms with van der Waals surface area (Å²) in [6.45, 7) is 0.251. The highest BCUT2D eigenvalue weighted by atomic mass is 32.2. The summed E-state index contributed by atoms with van der Waals surface area (Å²) in [6.07, 6.45) is -4.71. The predicted molar refractivity (Wildman–Crippen MR) is 78.0 cm³/mol. The van der Waals surface area contributed by atoms with Gasteiger partial charge < -0.3 is 4.74 Å². The van der Waals surface area contributed by atoms with Crippen molar-refractivity contribution in [3.8, 4) is 17.9 Å². The van der Waals surface area contributed by atoms with Gasteiger partial charge in [-0.25, -0.2) is 8.42 Å². The molecule has 24 heavy (non-hydrogen) atoms. The summed E-state index contributed by atoms with van der Waals surface area (Å²) in [5.41, 5.74) is -1.27. The highest BCUT2D eigenvalue weighted by Gasteiger charge is 2.36. The molecular weight excluding hydrogens is 347 g/mol. The summed E-state index contributed by atoms with van der Waals surface area (Å²) in [5, 5.41) is 17.3. The third-order valence-electron chi connectivity index (χ3n) is 2.92. The molecule has 1 aromatic carbocycles. The molecule has 0 bridgehead atoms. The first-order valence-electron chi connectivity index (χ1n) is 6.71. The summed E-state index contributed by atoms with van der Waals surface area (Å²) < 4.78 is 69.4. The number of sulfonamides is 1. The molecule has 0 aromatic heterocycles. The summed E-state index contributed by atoms with van der Waals surface area (Å²) in [4.78, 5) is 0. The van der Waals surface area contributed by atoms with E-state index < -0.39 is 46.4 Å². The Morgan fingerprint density at radius 2 is 1.79 bits per heavy atom. The quantitative estimate of drug-likeness (QED) is 0.695. The lowest BCUT2D eigenvalue weighted by Gasteiger charge is -2.19. The van der Waals surface area contributed by atoms with E-state index in [1.54, 1.807) is 12.1 Å². The summed E-state index contributed by atoms with van der Waals surface area (Å²) in [5.74, 6) is -1.37. The van der Waals surface area contributed by atoms with Crippen LogP contribution in [0.25, 0.3) is 0 Å². The molecule has 0 aliphatic heterocycles. The van der Waals surface area contributed by atoms with Crippen LogP contribution in [0.2, 0.25) is 0 Å². The van der Waals surface area contributed by atoms with E-state index in [0.717, 1.165) is 12.1 Å². The van der Waals surface area contributed by atoms with Gasteiger partial charge in [-0.05, 0) is 13.0 Å². The highest BCUT2D eigenvalue weighted by molar-refractivity contribution is 7.88. The van der Waals surface area contributed by atoms with Gasteiger partial charge in [0, 0.05) is 5.56 Å². The van der Waals surface area contributed by atoms with E-state index in [-0.39, 0.29) is 12.2 Å². The van der Waals surface area contributed by atoms with Crippen molar-refractivity contribution < 1.29 is 26.3 Å². The zero-order valence-electron chi connectivity index (χ0n) is 12.7. The van der Waals surface area contributed by atoms with Crippen LogP contribution in [0.3, 0.4) is 0 Å². The van der Waals surface area contributed by atoms with E-state index in [2.05, 4.69) is 0 Å². The molecule has 6 nitrogen and oxygen atoms in total. The fourth-order valence-electron chi connectivity index (χ4n) is 1.93.